The van der Waals surface area contributed by atoms with Gasteiger partial charge in [-0.1, -0.05) is 17.7 Å². The highest BCUT2D eigenvalue weighted by atomic mass is 35.5. The molecule has 3 aromatic rings. The molecule has 10 heteroatoms. The van der Waals surface area contributed by atoms with Gasteiger partial charge in [-0.3, -0.25) is 4.79 Å². The van der Waals surface area contributed by atoms with E-state index in [0.29, 0.717) is 22.9 Å². The molecule has 2 N–H and O–H groups in total. The Hall–Kier alpha value is -4.00. The summed E-state index contributed by atoms with van der Waals surface area (Å²) >= 11 is 6.26. The van der Waals surface area contributed by atoms with E-state index < -0.39 is 5.91 Å². The van der Waals surface area contributed by atoms with E-state index in [4.69, 9.17) is 27.5 Å². The second-order valence-electron chi connectivity index (χ2n) is 7.87. The van der Waals surface area contributed by atoms with E-state index in [-0.39, 0.29) is 16.9 Å². The van der Waals surface area contributed by atoms with Gasteiger partial charge in [-0.05, 0) is 37.2 Å². The molecular weight excluding hydrogens is 468 g/mol. The molecule has 1 saturated heterocycles. The lowest BCUT2D eigenvalue weighted by Gasteiger charge is -2.34. The molecule has 0 atom stereocenters. The quantitative estimate of drug-likeness (QED) is 0.478. The van der Waals surface area contributed by atoms with Crippen LogP contribution in [-0.2, 0) is 4.79 Å². The van der Waals surface area contributed by atoms with Crippen LogP contribution in [0.5, 0.6) is 17.4 Å². The van der Waals surface area contributed by atoms with Crippen LogP contribution in [0, 0.1) is 12.3 Å². The number of anilines is 4. The summed E-state index contributed by atoms with van der Waals surface area (Å²) in [5.74, 6) is 2.96. The van der Waals surface area contributed by atoms with E-state index >= 15 is 0 Å². The number of carbonyl (C=O) groups excluding carboxylic acids is 1. The van der Waals surface area contributed by atoms with Crippen LogP contribution in [0.1, 0.15) is 0 Å². The summed E-state index contributed by atoms with van der Waals surface area (Å²) < 4.78 is 11.5. The van der Waals surface area contributed by atoms with Crippen LogP contribution < -0.4 is 25.0 Å². The summed E-state index contributed by atoms with van der Waals surface area (Å²) in [6, 6.07) is 12.7. The van der Waals surface area contributed by atoms with Crippen LogP contribution in [0.15, 0.2) is 48.7 Å². The molecular formula is C25H25ClN6O3. The Labute approximate surface area is 209 Å². The molecule has 2 heterocycles. The van der Waals surface area contributed by atoms with E-state index in [0.717, 1.165) is 31.9 Å². The maximum atomic E-state index is 11.4. The standard InChI is InChI=1S/C25H25ClN6O3/c1-4-23(33)28-17-6-5-7-19(14-17)35-24-20(26)16-27-25(30-24)29-21-9-8-18(15-22(21)34-3)32-12-10-31(2)11-13-32/h1,5-9,14-16H,10-13H2,2-3H3,(H,28,33)(H,27,29,30). The Kier molecular flexibility index (Phi) is 7.55. The van der Waals surface area contributed by atoms with E-state index in [1.807, 2.05) is 24.1 Å². The molecule has 180 valence electrons. The zero-order valence-corrected chi connectivity index (χ0v) is 20.2. The topological polar surface area (TPSA) is 91.8 Å². The van der Waals surface area contributed by atoms with Crippen molar-refractivity contribution in [1.82, 2.24) is 14.9 Å². The lowest BCUT2D eigenvalue weighted by atomic mass is 10.2. The number of amides is 1. The second kappa shape index (κ2) is 11.0. The maximum Gasteiger partial charge on any atom is 0.300 e. The van der Waals surface area contributed by atoms with Crippen LogP contribution in [0.3, 0.4) is 0 Å². The number of piperazine rings is 1. The van der Waals surface area contributed by atoms with Crippen LogP contribution >= 0.6 is 11.6 Å². The number of hydrogen-bond donors (Lipinski definition) is 2. The van der Waals surface area contributed by atoms with Gasteiger partial charge in [0.25, 0.3) is 5.91 Å². The summed E-state index contributed by atoms with van der Waals surface area (Å²) in [6.45, 7) is 3.95. The van der Waals surface area contributed by atoms with Crippen molar-refractivity contribution < 1.29 is 14.3 Å². The van der Waals surface area contributed by atoms with Crippen LogP contribution in [-0.4, -0.2) is 61.1 Å². The molecule has 0 saturated carbocycles. The summed E-state index contributed by atoms with van der Waals surface area (Å²) in [7, 11) is 3.75. The minimum absolute atomic E-state index is 0.151. The number of ether oxygens (including phenoxy) is 2. The first-order valence-electron chi connectivity index (χ1n) is 10.9. The molecule has 35 heavy (non-hydrogen) atoms. The number of aromatic nitrogens is 2. The summed E-state index contributed by atoms with van der Waals surface area (Å²) in [6.07, 6.45) is 6.55. The highest BCUT2D eigenvalue weighted by Crippen LogP contribution is 2.34. The average molecular weight is 493 g/mol. The first-order valence-corrected chi connectivity index (χ1v) is 11.3. The molecule has 0 unspecified atom stereocenters. The van der Waals surface area contributed by atoms with Gasteiger partial charge in [0.1, 0.15) is 16.5 Å². The van der Waals surface area contributed by atoms with Crippen molar-refractivity contribution in [3.63, 3.8) is 0 Å². The number of nitrogens with one attached hydrogen (secondary N) is 2. The number of terminal acetylenes is 1. The van der Waals surface area contributed by atoms with Gasteiger partial charge < -0.3 is 29.9 Å². The molecule has 0 bridgehead atoms. The number of hydrogen-bond acceptors (Lipinski definition) is 8. The number of carbonyl (C=O) groups is 1. The van der Waals surface area contributed by atoms with Gasteiger partial charge in [0.15, 0.2) is 0 Å². The van der Waals surface area contributed by atoms with E-state index in [1.165, 1.54) is 6.20 Å². The van der Waals surface area contributed by atoms with Crippen molar-refractivity contribution in [3.8, 4) is 29.7 Å². The van der Waals surface area contributed by atoms with Gasteiger partial charge >= 0.3 is 0 Å². The number of nitrogens with zero attached hydrogens (tertiary/aromatic N) is 4. The van der Waals surface area contributed by atoms with Crippen molar-refractivity contribution >= 4 is 40.5 Å². The Morgan fingerprint density at radius 1 is 1.17 bits per heavy atom. The van der Waals surface area contributed by atoms with Gasteiger partial charge in [-0.25, -0.2) is 4.98 Å². The smallest absolute Gasteiger partial charge is 0.300 e. The summed E-state index contributed by atoms with van der Waals surface area (Å²) in [4.78, 5) is 24.7. The molecule has 1 aromatic heterocycles. The Bertz CT molecular complexity index is 1250. The third kappa shape index (κ3) is 6.12. The van der Waals surface area contributed by atoms with E-state index in [1.54, 1.807) is 31.4 Å². The zero-order valence-electron chi connectivity index (χ0n) is 19.4. The highest BCUT2D eigenvalue weighted by Gasteiger charge is 2.17. The van der Waals surface area contributed by atoms with Crippen LogP contribution in [0.4, 0.5) is 23.0 Å². The molecule has 1 fully saturated rings. The SMILES string of the molecule is C#CC(=O)Nc1cccc(Oc2nc(Nc3ccc(N4CCN(C)CC4)cc3OC)ncc2Cl)c1. The molecule has 0 radical (unpaired) electrons. The molecule has 0 spiro atoms. The lowest BCUT2D eigenvalue weighted by molar-refractivity contribution is -0.111. The van der Waals surface area contributed by atoms with Crippen molar-refractivity contribution in [1.29, 1.82) is 0 Å². The zero-order chi connectivity index (χ0) is 24.8. The van der Waals surface area contributed by atoms with Crippen LogP contribution in [0.25, 0.3) is 0 Å². The second-order valence-corrected chi connectivity index (χ2v) is 8.28. The summed E-state index contributed by atoms with van der Waals surface area (Å²) in [5.41, 5.74) is 2.29. The van der Waals surface area contributed by atoms with E-state index in [2.05, 4.69) is 37.4 Å². The van der Waals surface area contributed by atoms with Crippen LogP contribution in [0.2, 0.25) is 5.02 Å². The molecule has 1 amide bonds. The molecule has 2 aromatic carbocycles. The van der Waals surface area contributed by atoms with Crippen molar-refractivity contribution in [2.45, 2.75) is 0 Å². The third-order valence-corrected chi connectivity index (χ3v) is 5.71. The first-order chi connectivity index (χ1) is 16.9. The number of likely N-dealkylation sites (N-methyl/N-ethyl adjacent to an activating group) is 1. The number of benzene rings is 2. The first kappa shape index (κ1) is 24.1. The number of rotatable bonds is 7. The maximum absolute atomic E-state index is 11.4. The predicted octanol–water partition coefficient (Wildman–Crippen LogP) is 4.00. The van der Waals surface area contributed by atoms with Gasteiger partial charge in [0.05, 0.1) is 19.0 Å². The third-order valence-electron chi connectivity index (χ3n) is 5.45. The fourth-order valence-corrected chi connectivity index (χ4v) is 3.69. The monoisotopic (exact) mass is 492 g/mol. The van der Waals surface area contributed by atoms with Crippen molar-refractivity contribution in [2.75, 3.05) is 55.9 Å². The Morgan fingerprint density at radius 3 is 2.71 bits per heavy atom. The minimum atomic E-state index is -0.554. The summed E-state index contributed by atoms with van der Waals surface area (Å²) in [5, 5.41) is 5.96. The number of halogens is 1. The fourth-order valence-electron chi connectivity index (χ4n) is 3.56. The van der Waals surface area contributed by atoms with Crippen molar-refractivity contribution in [3.05, 3.63) is 53.7 Å². The van der Waals surface area contributed by atoms with Crippen molar-refractivity contribution in [2.24, 2.45) is 0 Å². The van der Waals surface area contributed by atoms with E-state index in [9.17, 15) is 4.79 Å². The molecule has 0 aliphatic carbocycles. The van der Waals surface area contributed by atoms with Gasteiger partial charge in [-0.15, -0.1) is 6.42 Å². The Morgan fingerprint density at radius 2 is 1.97 bits per heavy atom. The molecule has 1 aliphatic heterocycles. The predicted molar refractivity (Wildman–Crippen MR) is 137 cm³/mol. The average Bonchev–Trinajstić information content (AvgIpc) is 2.87. The lowest BCUT2D eigenvalue weighted by Crippen LogP contribution is -2.44. The molecule has 4 rings (SSSR count). The van der Waals surface area contributed by atoms with Gasteiger partial charge in [0, 0.05) is 49.7 Å². The van der Waals surface area contributed by atoms with Gasteiger partial charge in [-0.2, -0.15) is 4.98 Å². The minimum Gasteiger partial charge on any atom is -0.494 e. The molecule has 1 aliphatic rings. The molecule has 9 nitrogen and oxygen atoms in total. The normalized spacial score (nSPS) is 13.6. The highest BCUT2D eigenvalue weighted by molar-refractivity contribution is 6.31. The largest absolute Gasteiger partial charge is 0.494 e. The number of methoxy groups -OCH3 is 1. The Balaban J connectivity index is 1.51. The van der Waals surface area contributed by atoms with Gasteiger partial charge in [0.2, 0.25) is 11.8 Å². The fraction of sp³-hybridized carbons (Fsp3) is 0.240.